The Bertz CT molecular complexity index is 1250. The molecule has 0 radical (unpaired) electrons. The first-order valence-corrected chi connectivity index (χ1v) is 10.4. The number of rotatable bonds is 4. The van der Waals surface area contributed by atoms with Crippen molar-refractivity contribution in [2.24, 2.45) is 4.99 Å². The summed E-state index contributed by atoms with van der Waals surface area (Å²) < 4.78 is 5.31. The number of ether oxygens (including phenoxy) is 1. The molecule has 0 aromatic heterocycles. The van der Waals surface area contributed by atoms with E-state index in [1.807, 2.05) is 42.5 Å². The van der Waals surface area contributed by atoms with Crippen molar-refractivity contribution < 1.29 is 14.3 Å². The van der Waals surface area contributed by atoms with Crippen molar-refractivity contribution in [3.8, 4) is 5.75 Å². The molecule has 32 heavy (non-hydrogen) atoms. The summed E-state index contributed by atoms with van der Waals surface area (Å²) in [6.07, 6.45) is -0.379. The van der Waals surface area contributed by atoms with Gasteiger partial charge in [-0.1, -0.05) is 42.5 Å². The van der Waals surface area contributed by atoms with Crippen LogP contribution in [0.3, 0.4) is 0 Å². The molecule has 0 bridgehead atoms. The summed E-state index contributed by atoms with van der Waals surface area (Å²) in [5, 5.41) is 2.81. The molecule has 2 amide bonds. The van der Waals surface area contributed by atoms with E-state index in [0.29, 0.717) is 35.7 Å². The molecule has 2 heterocycles. The molecule has 5 rings (SSSR count). The van der Waals surface area contributed by atoms with Gasteiger partial charge in [0.05, 0.1) is 24.1 Å². The Morgan fingerprint density at radius 1 is 1.12 bits per heavy atom. The highest BCUT2D eigenvalue weighted by molar-refractivity contribution is 6.21. The van der Waals surface area contributed by atoms with Crippen molar-refractivity contribution in [3.05, 3.63) is 89.0 Å². The van der Waals surface area contributed by atoms with Gasteiger partial charge in [0.1, 0.15) is 5.75 Å². The largest absolute Gasteiger partial charge is 0.496 e. The Labute approximate surface area is 185 Å². The van der Waals surface area contributed by atoms with Crippen molar-refractivity contribution in [2.75, 3.05) is 24.3 Å². The third-order valence-corrected chi connectivity index (χ3v) is 5.77. The average Bonchev–Trinajstić information content (AvgIpc) is 3.20. The predicted octanol–water partition coefficient (Wildman–Crippen LogP) is 2.77. The van der Waals surface area contributed by atoms with Gasteiger partial charge in [0.25, 0.3) is 11.8 Å². The second-order valence-corrected chi connectivity index (χ2v) is 7.74. The van der Waals surface area contributed by atoms with E-state index in [2.05, 4.69) is 5.32 Å². The molecule has 160 valence electrons. The lowest BCUT2D eigenvalue weighted by atomic mass is 9.97. The molecule has 1 atom stereocenters. The number of carbonyl (C=O) groups excluding carboxylic acids is 2. The summed E-state index contributed by atoms with van der Waals surface area (Å²) in [6, 6.07) is 20.3. The van der Waals surface area contributed by atoms with Gasteiger partial charge in [-0.25, -0.2) is 4.99 Å². The number of hydrogen-bond donors (Lipinski definition) is 2. The molecule has 3 aromatic rings. The number of benzene rings is 3. The molecule has 7 heteroatoms. The van der Waals surface area contributed by atoms with Crippen LogP contribution in [0.15, 0.2) is 71.7 Å². The molecular weight excluding hydrogens is 404 g/mol. The number of methoxy groups -OCH3 is 1. The number of carbonyl (C=O) groups is 2. The van der Waals surface area contributed by atoms with Crippen LogP contribution in [-0.4, -0.2) is 37.3 Å². The van der Waals surface area contributed by atoms with Crippen LogP contribution in [0.4, 0.5) is 11.4 Å². The average molecular weight is 426 g/mol. The zero-order valence-corrected chi connectivity index (χ0v) is 17.5. The van der Waals surface area contributed by atoms with Crippen molar-refractivity contribution >= 4 is 28.9 Å². The van der Waals surface area contributed by atoms with Crippen molar-refractivity contribution in [2.45, 2.75) is 12.6 Å². The van der Waals surface area contributed by atoms with E-state index >= 15 is 0 Å². The molecule has 0 saturated heterocycles. The minimum absolute atomic E-state index is 0.274. The maximum Gasteiger partial charge on any atom is 0.272 e. The van der Waals surface area contributed by atoms with Crippen LogP contribution in [-0.2, 0) is 11.2 Å². The van der Waals surface area contributed by atoms with Gasteiger partial charge in [0.15, 0.2) is 0 Å². The molecule has 3 aromatic carbocycles. The second-order valence-electron chi connectivity index (χ2n) is 7.74. The number of nitrogens with zero attached hydrogens (tertiary/aromatic N) is 2. The molecule has 3 N–H and O–H groups in total. The Balaban J connectivity index is 1.62. The van der Waals surface area contributed by atoms with Gasteiger partial charge < -0.3 is 20.7 Å². The number of hydrogen-bond acceptors (Lipinski definition) is 5. The Morgan fingerprint density at radius 2 is 1.88 bits per heavy atom. The fraction of sp³-hybridized carbons (Fsp3) is 0.160. The quantitative estimate of drug-likeness (QED) is 0.627. The van der Waals surface area contributed by atoms with Gasteiger partial charge in [-0.2, -0.15) is 0 Å². The summed E-state index contributed by atoms with van der Waals surface area (Å²) in [5.74, 6) is -0.274. The normalized spacial score (nSPS) is 16.8. The lowest BCUT2D eigenvalue weighted by Crippen LogP contribution is -2.47. The van der Waals surface area contributed by atoms with Gasteiger partial charge in [0, 0.05) is 23.4 Å². The Kier molecular flexibility index (Phi) is 4.86. The monoisotopic (exact) mass is 426 g/mol. The van der Waals surface area contributed by atoms with Gasteiger partial charge >= 0.3 is 0 Å². The standard InChI is InChI=1S/C25H22N4O3/c1-32-20-10-6-5-9-18(20)24(30)28-23-25(31)29-12-11-16-13-17(26)14-19(22(16)29)21(27-23)15-7-3-2-4-8-15/h2-10,13-14,23H,11-12,26H2,1H3,(H,28,30)/t23-/m0/s1. The molecule has 7 nitrogen and oxygen atoms in total. The van der Waals surface area contributed by atoms with Crippen LogP contribution in [0.1, 0.15) is 27.0 Å². The van der Waals surface area contributed by atoms with E-state index < -0.39 is 12.1 Å². The van der Waals surface area contributed by atoms with E-state index in [0.717, 1.165) is 22.4 Å². The molecular formula is C25H22N4O3. The molecule has 0 fully saturated rings. The molecule has 0 aliphatic carbocycles. The highest BCUT2D eigenvalue weighted by Crippen LogP contribution is 2.38. The number of nitrogens with two attached hydrogens (primary N) is 1. The zero-order chi connectivity index (χ0) is 22.2. The minimum Gasteiger partial charge on any atom is -0.496 e. The van der Waals surface area contributed by atoms with Gasteiger partial charge in [-0.05, 0) is 36.2 Å². The van der Waals surface area contributed by atoms with Crippen molar-refractivity contribution in [3.63, 3.8) is 0 Å². The van der Waals surface area contributed by atoms with E-state index in [-0.39, 0.29) is 5.91 Å². The lowest BCUT2D eigenvalue weighted by Gasteiger charge is -2.21. The summed E-state index contributed by atoms with van der Waals surface area (Å²) in [7, 11) is 1.50. The highest BCUT2D eigenvalue weighted by Gasteiger charge is 2.37. The van der Waals surface area contributed by atoms with E-state index in [9.17, 15) is 9.59 Å². The van der Waals surface area contributed by atoms with Crippen LogP contribution in [0.5, 0.6) is 5.75 Å². The first-order chi connectivity index (χ1) is 15.6. The smallest absolute Gasteiger partial charge is 0.272 e. The number of amides is 2. The molecule has 0 unspecified atom stereocenters. The Hall–Kier alpha value is -4.13. The van der Waals surface area contributed by atoms with Gasteiger partial charge in [-0.15, -0.1) is 0 Å². The van der Waals surface area contributed by atoms with Crippen molar-refractivity contribution in [1.82, 2.24) is 5.32 Å². The highest BCUT2D eigenvalue weighted by atomic mass is 16.5. The Morgan fingerprint density at radius 3 is 2.66 bits per heavy atom. The fourth-order valence-corrected chi connectivity index (χ4v) is 4.33. The summed E-state index contributed by atoms with van der Waals surface area (Å²) >= 11 is 0. The van der Waals surface area contributed by atoms with E-state index in [1.165, 1.54) is 7.11 Å². The number of anilines is 2. The third kappa shape index (κ3) is 3.28. The topological polar surface area (TPSA) is 97.0 Å². The SMILES string of the molecule is COc1ccccc1C(=O)N[C@@H]1N=C(c2ccccc2)c2cc(N)cc3c2N(CC3)C1=O. The number of para-hydroxylation sites is 1. The maximum absolute atomic E-state index is 13.5. The molecule has 2 aliphatic rings. The third-order valence-electron chi connectivity index (χ3n) is 5.77. The number of nitrogens with one attached hydrogen (secondary N) is 1. The lowest BCUT2D eigenvalue weighted by molar-refractivity contribution is -0.120. The first-order valence-electron chi connectivity index (χ1n) is 10.4. The van der Waals surface area contributed by atoms with Gasteiger partial charge in [-0.3, -0.25) is 9.59 Å². The number of aliphatic imine (C=N–C) groups is 1. The summed E-state index contributed by atoms with van der Waals surface area (Å²) in [6.45, 7) is 0.517. The van der Waals surface area contributed by atoms with Crippen LogP contribution in [0.2, 0.25) is 0 Å². The zero-order valence-electron chi connectivity index (χ0n) is 17.5. The first kappa shape index (κ1) is 19.8. The summed E-state index contributed by atoms with van der Waals surface area (Å²) in [4.78, 5) is 33.0. The predicted molar refractivity (Wildman–Crippen MR) is 123 cm³/mol. The van der Waals surface area contributed by atoms with E-state index in [4.69, 9.17) is 15.5 Å². The van der Waals surface area contributed by atoms with E-state index in [1.54, 1.807) is 29.2 Å². The van der Waals surface area contributed by atoms with Gasteiger partial charge in [0.2, 0.25) is 6.17 Å². The van der Waals surface area contributed by atoms with Crippen LogP contribution in [0.25, 0.3) is 0 Å². The molecule has 0 saturated carbocycles. The molecule has 2 aliphatic heterocycles. The van der Waals surface area contributed by atoms with Crippen LogP contribution < -0.4 is 20.7 Å². The minimum atomic E-state index is -1.08. The van der Waals surface area contributed by atoms with Crippen LogP contribution in [0, 0.1) is 0 Å². The number of nitrogen functional groups attached to an aromatic ring is 1. The van der Waals surface area contributed by atoms with Crippen LogP contribution >= 0.6 is 0 Å². The second kappa shape index (κ2) is 7.85. The van der Waals surface area contributed by atoms with Crippen molar-refractivity contribution in [1.29, 1.82) is 0 Å². The summed E-state index contributed by atoms with van der Waals surface area (Å²) in [5.41, 5.74) is 11.2. The molecule has 0 spiro atoms. The fourth-order valence-electron chi connectivity index (χ4n) is 4.33. The maximum atomic E-state index is 13.5.